The van der Waals surface area contributed by atoms with Crippen molar-refractivity contribution in [2.24, 2.45) is 0 Å². The third-order valence-corrected chi connectivity index (χ3v) is 8.39. The van der Waals surface area contributed by atoms with Crippen LogP contribution in [0.1, 0.15) is 50.9 Å². The van der Waals surface area contributed by atoms with E-state index in [-0.39, 0.29) is 24.2 Å². The van der Waals surface area contributed by atoms with E-state index in [2.05, 4.69) is 20.8 Å². The number of para-hydroxylation sites is 1. The number of carbonyl (C=O) groups is 3. The predicted molar refractivity (Wildman–Crippen MR) is 137 cm³/mol. The van der Waals surface area contributed by atoms with Gasteiger partial charge in [-0.25, -0.2) is 4.79 Å². The highest BCUT2D eigenvalue weighted by Crippen LogP contribution is 2.39. The summed E-state index contributed by atoms with van der Waals surface area (Å²) in [6.07, 6.45) is 3.82. The molecule has 2 heterocycles. The molecule has 1 aromatic carbocycles. The van der Waals surface area contributed by atoms with Crippen LogP contribution in [-0.2, 0) is 22.4 Å². The van der Waals surface area contributed by atoms with E-state index in [1.165, 1.54) is 41.5 Å². The molecule has 0 spiro atoms. The fourth-order valence-electron chi connectivity index (χ4n) is 3.68. The van der Waals surface area contributed by atoms with E-state index < -0.39 is 5.97 Å². The SMILES string of the molecule is CCOC(=O)c1c(NC(=O)CSc2nnc(NC(=O)c3ccccc3OC)s2)sc2c1CCCC2. The van der Waals surface area contributed by atoms with Crippen LogP contribution < -0.4 is 15.4 Å². The fourth-order valence-corrected chi connectivity index (χ4v) is 6.52. The van der Waals surface area contributed by atoms with E-state index in [9.17, 15) is 14.4 Å². The Balaban J connectivity index is 1.37. The van der Waals surface area contributed by atoms with E-state index in [0.29, 0.717) is 31.3 Å². The second-order valence-electron chi connectivity index (χ2n) is 7.50. The Morgan fingerprint density at radius 1 is 1.09 bits per heavy atom. The molecule has 184 valence electrons. The van der Waals surface area contributed by atoms with E-state index in [0.717, 1.165) is 36.1 Å². The highest BCUT2D eigenvalue weighted by Gasteiger charge is 2.27. The number of methoxy groups -OCH3 is 1. The lowest BCUT2D eigenvalue weighted by Crippen LogP contribution is -2.17. The van der Waals surface area contributed by atoms with Gasteiger partial charge >= 0.3 is 5.97 Å². The highest BCUT2D eigenvalue weighted by molar-refractivity contribution is 8.01. The first kappa shape index (κ1) is 25.1. The normalized spacial score (nSPS) is 12.5. The number of nitrogens with one attached hydrogen (secondary N) is 2. The number of thiophene rings is 1. The van der Waals surface area contributed by atoms with Crippen LogP contribution in [0.15, 0.2) is 28.6 Å². The summed E-state index contributed by atoms with van der Waals surface area (Å²) in [5.41, 5.74) is 1.87. The van der Waals surface area contributed by atoms with E-state index >= 15 is 0 Å². The molecule has 0 aliphatic heterocycles. The number of amides is 2. The van der Waals surface area contributed by atoms with Gasteiger partial charge in [-0.05, 0) is 50.3 Å². The van der Waals surface area contributed by atoms with Crippen molar-refractivity contribution in [3.8, 4) is 5.75 Å². The van der Waals surface area contributed by atoms with Gasteiger partial charge in [0.05, 0.1) is 30.6 Å². The van der Waals surface area contributed by atoms with Crippen LogP contribution in [0.3, 0.4) is 0 Å². The van der Waals surface area contributed by atoms with Crippen LogP contribution in [0.4, 0.5) is 10.1 Å². The number of fused-ring (bicyclic) bond motifs is 1. The molecule has 2 aromatic heterocycles. The van der Waals surface area contributed by atoms with Crippen LogP contribution in [0.5, 0.6) is 5.75 Å². The third kappa shape index (κ3) is 6.00. The minimum Gasteiger partial charge on any atom is -0.496 e. The number of esters is 1. The summed E-state index contributed by atoms with van der Waals surface area (Å²) in [7, 11) is 1.50. The zero-order chi connectivity index (χ0) is 24.8. The zero-order valence-electron chi connectivity index (χ0n) is 19.2. The van der Waals surface area contributed by atoms with Crippen molar-refractivity contribution in [1.82, 2.24) is 10.2 Å². The van der Waals surface area contributed by atoms with Gasteiger partial charge in [0.1, 0.15) is 10.8 Å². The predicted octanol–water partition coefficient (Wildman–Crippen LogP) is 4.65. The molecule has 2 amide bonds. The molecule has 12 heteroatoms. The zero-order valence-corrected chi connectivity index (χ0v) is 21.7. The molecule has 3 aromatic rings. The first-order valence-corrected chi connectivity index (χ1v) is 13.6. The van der Waals surface area contributed by atoms with Gasteiger partial charge in [-0.15, -0.1) is 21.5 Å². The number of aromatic nitrogens is 2. The fraction of sp³-hybridized carbons (Fsp3) is 0.348. The maximum absolute atomic E-state index is 12.7. The summed E-state index contributed by atoms with van der Waals surface area (Å²) in [6, 6.07) is 6.88. The highest BCUT2D eigenvalue weighted by atomic mass is 32.2. The van der Waals surface area contributed by atoms with E-state index in [4.69, 9.17) is 9.47 Å². The van der Waals surface area contributed by atoms with Crippen LogP contribution in [0.25, 0.3) is 0 Å². The molecule has 0 saturated heterocycles. The van der Waals surface area contributed by atoms with Crippen LogP contribution in [0, 0.1) is 0 Å². The number of thioether (sulfide) groups is 1. The van der Waals surface area contributed by atoms with Gasteiger partial charge in [-0.3, -0.25) is 14.9 Å². The molecular formula is C23H24N4O5S3. The molecule has 0 bridgehead atoms. The van der Waals surface area contributed by atoms with Crippen LogP contribution in [0.2, 0.25) is 0 Å². The molecule has 9 nitrogen and oxygen atoms in total. The molecular weight excluding hydrogens is 508 g/mol. The molecule has 0 radical (unpaired) electrons. The number of hydrogen-bond acceptors (Lipinski definition) is 10. The van der Waals surface area contributed by atoms with Gasteiger partial charge in [-0.2, -0.15) is 0 Å². The minimum absolute atomic E-state index is 0.0833. The van der Waals surface area contributed by atoms with Crippen molar-refractivity contribution in [3.63, 3.8) is 0 Å². The monoisotopic (exact) mass is 532 g/mol. The second-order valence-corrected chi connectivity index (χ2v) is 10.8. The van der Waals surface area contributed by atoms with Gasteiger partial charge in [0.25, 0.3) is 5.91 Å². The molecule has 0 saturated carbocycles. The molecule has 2 N–H and O–H groups in total. The molecule has 4 rings (SSSR count). The summed E-state index contributed by atoms with van der Waals surface area (Å²) in [4.78, 5) is 38.9. The van der Waals surface area contributed by atoms with Crippen molar-refractivity contribution in [1.29, 1.82) is 0 Å². The van der Waals surface area contributed by atoms with Crippen LogP contribution in [-0.4, -0.2) is 47.5 Å². The standard InChI is InChI=1S/C23H24N4O5S3/c1-3-32-21(30)18-14-9-5-7-11-16(14)34-20(18)24-17(28)12-33-23-27-26-22(35-23)25-19(29)13-8-4-6-10-15(13)31-2/h4,6,8,10H,3,5,7,9,11-12H2,1-2H3,(H,24,28)(H,25,26,29). The lowest BCUT2D eigenvalue weighted by molar-refractivity contribution is -0.113. The molecule has 0 unspecified atom stereocenters. The Hall–Kier alpha value is -2.96. The van der Waals surface area contributed by atoms with E-state index in [1.54, 1.807) is 31.2 Å². The van der Waals surface area contributed by atoms with Crippen molar-refractivity contribution in [2.45, 2.75) is 36.9 Å². The summed E-state index contributed by atoms with van der Waals surface area (Å²) >= 11 is 3.83. The smallest absolute Gasteiger partial charge is 0.341 e. The summed E-state index contributed by atoms with van der Waals surface area (Å²) in [6.45, 7) is 2.04. The van der Waals surface area contributed by atoms with Crippen molar-refractivity contribution in [2.75, 3.05) is 30.1 Å². The molecule has 0 fully saturated rings. The minimum atomic E-state index is -0.394. The maximum Gasteiger partial charge on any atom is 0.341 e. The quantitative estimate of drug-likeness (QED) is 0.232. The number of benzene rings is 1. The summed E-state index contributed by atoms with van der Waals surface area (Å²) < 4.78 is 11.0. The van der Waals surface area contributed by atoms with Crippen molar-refractivity contribution < 1.29 is 23.9 Å². The first-order chi connectivity index (χ1) is 17.0. The number of rotatable bonds is 9. The Kier molecular flexibility index (Phi) is 8.37. The Bertz CT molecular complexity index is 1240. The average molecular weight is 533 g/mol. The summed E-state index contributed by atoms with van der Waals surface area (Å²) in [5, 5.41) is 14.5. The number of carbonyl (C=O) groups excluding carboxylic acids is 3. The largest absolute Gasteiger partial charge is 0.496 e. The molecule has 1 aliphatic carbocycles. The lowest BCUT2D eigenvalue weighted by Gasteiger charge is -2.12. The molecule has 1 aliphatic rings. The van der Waals surface area contributed by atoms with Gasteiger partial charge in [-0.1, -0.05) is 35.2 Å². The Morgan fingerprint density at radius 2 is 1.89 bits per heavy atom. The van der Waals surface area contributed by atoms with Crippen LogP contribution >= 0.6 is 34.4 Å². The van der Waals surface area contributed by atoms with Gasteiger partial charge in [0, 0.05) is 4.88 Å². The van der Waals surface area contributed by atoms with Gasteiger partial charge in [0.15, 0.2) is 4.34 Å². The second kappa shape index (κ2) is 11.6. The molecule has 0 atom stereocenters. The molecule has 35 heavy (non-hydrogen) atoms. The third-order valence-electron chi connectivity index (χ3n) is 5.21. The average Bonchev–Trinajstić information content (AvgIpc) is 3.46. The Morgan fingerprint density at radius 3 is 2.69 bits per heavy atom. The topological polar surface area (TPSA) is 120 Å². The number of nitrogens with zero attached hydrogens (tertiary/aromatic N) is 2. The van der Waals surface area contributed by atoms with Crippen molar-refractivity contribution >= 4 is 62.4 Å². The van der Waals surface area contributed by atoms with E-state index in [1.807, 2.05) is 0 Å². The number of hydrogen-bond donors (Lipinski definition) is 2. The van der Waals surface area contributed by atoms with Crippen molar-refractivity contribution in [3.05, 3.63) is 45.8 Å². The lowest BCUT2D eigenvalue weighted by atomic mass is 9.95. The number of ether oxygens (including phenoxy) is 2. The maximum atomic E-state index is 12.7. The Labute approximate surface area is 214 Å². The summed E-state index contributed by atoms with van der Waals surface area (Å²) in [5.74, 6) is -0.470. The number of anilines is 2. The van der Waals surface area contributed by atoms with Gasteiger partial charge in [0.2, 0.25) is 11.0 Å². The number of aryl methyl sites for hydroxylation is 1. The van der Waals surface area contributed by atoms with Gasteiger partial charge < -0.3 is 14.8 Å². The first-order valence-electron chi connectivity index (χ1n) is 11.0.